The van der Waals surface area contributed by atoms with Gasteiger partial charge in [-0.2, -0.15) is 0 Å². The second-order valence-electron chi connectivity index (χ2n) is 6.73. The minimum Gasteiger partial charge on any atom is -0.353 e. The Morgan fingerprint density at radius 1 is 1.20 bits per heavy atom. The van der Waals surface area contributed by atoms with Crippen molar-refractivity contribution in [3.63, 3.8) is 0 Å². The van der Waals surface area contributed by atoms with Gasteiger partial charge in [-0.3, -0.25) is 0 Å². The summed E-state index contributed by atoms with van der Waals surface area (Å²) in [5, 5.41) is 3.72. The van der Waals surface area contributed by atoms with Crippen LogP contribution in [0, 0.1) is 5.92 Å². The lowest BCUT2D eigenvalue weighted by Gasteiger charge is -2.36. The van der Waals surface area contributed by atoms with Gasteiger partial charge in [0.15, 0.2) is 0 Å². The van der Waals surface area contributed by atoms with Crippen LogP contribution in [0.15, 0.2) is 12.4 Å². The average molecular weight is 276 g/mol. The van der Waals surface area contributed by atoms with Crippen LogP contribution in [0.4, 0.5) is 5.95 Å². The maximum Gasteiger partial charge on any atom is 0.203 e. The Balaban J connectivity index is 1.67. The molecule has 0 spiro atoms. The van der Waals surface area contributed by atoms with Gasteiger partial charge in [0.25, 0.3) is 0 Å². The van der Waals surface area contributed by atoms with Crippen molar-refractivity contribution >= 4 is 5.95 Å². The molecule has 1 aliphatic carbocycles. The Hall–Kier alpha value is -1.03. The number of likely N-dealkylation sites (tertiary alicyclic amines) is 1. The highest BCUT2D eigenvalue weighted by Gasteiger charge is 2.26. The summed E-state index contributed by atoms with van der Waals surface area (Å²) in [6, 6.07) is 1.23. The molecule has 1 aliphatic heterocycles. The molecule has 20 heavy (non-hydrogen) atoms. The van der Waals surface area contributed by atoms with Crippen LogP contribution >= 0.6 is 0 Å². The summed E-state index contributed by atoms with van der Waals surface area (Å²) in [7, 11) is 2.22. The highest BCUT2D eigenvalue weighted by Crippen LogP contribution is 2.31. The third-order valence-electron chi connectivity index (χ3n) is 5.06. The summed E-state index contributed by atoms with van der Waals surface area (Å²) in [4.78, 5) is 7.00. The van der Waals surface area contributed by atoms with Crippen LogP contribution in [0.1, 0.15) is 51.5 Å². The molecule has 0 bridgehead atoms. The van der Waals surface area contributed by atoms with E-state index in [9.17, 15) is 0 Å². The third kappa shape index (κ3) is 3.00. The fraction of sp³-hybridized carbons (Fsp3) is 0.812. The maximum atomic E-state index is 4.58. The van der Waals surface area contributed by atoms with Crippen LogP contribution in [0.2, 0.25) is 0 Å². The normalized spacial score (nSPS) is 29.5. The topological polar surface area (TPSA) is 33.1 Å². The van der Waals surface area contributed by atoms with Gasteiger partial charge in [0, 0.05) is 31.0 Å². The van der Waals surface area contributed by atoms with Crippen molar-refractivity contribution in [2.75, 3.05) is 25.5 Å². The van der Waals surface area contributed by atoms with E-state index in [0.29, 0.717) is 18.0 Å². The lowest BCUT2D eigenvalue weighted by molar-refractivity contribution is 0.205. The molecule has 1 aromatic heterocycles. The molecule has 1 saturated carbocycles. The Labute approximate surface area is 122 Å². The molecule has 2 atom stereocenters. The molecule has 2 unspecified atom stereocenters. The number of aromatic nitrogens is 2. The van der Waals surface area contributed by atoms with Crippen molar-refractivity contribution in [2.24, 2.45) is 5.92 Å². The highest BCUT2D eigenvalue weighted by molar-refractivity contribution is 5.29. The van der Waals surface area contributed by atoms with E-state index in [-0.39, 0.29) is 0 Å². The van der Waals surface area contributed by atoms with Crippen molar-refractivity contribution < 1.29 is 0 Å². The van der Waals surface area contributed by atoms with Crippen LogP contribution < -0.4 is 5.32 Å². The van der Waals surface area contributed by atoms with Gasteiger partial charge in [0.05, 0.1) is 0 Å². The van der Waals surface area contributed by atoms with Gasteiger partial charge in [-0.15, -0.1) is 0 Å². The number of hydrogen-bond donors (Lipinski definition) is 1. The summed E-state index contributed by atoms with van der Waals surface area (Å²) >= 11 is 0. The molecular weight excluding hydrogens is 248 g/mol. The summed E-state index contributed by atoms with van der Waals surface area (Å²) < 4.78 is 2.39. The molecule has 2 heterocycles. The van der Waals surface area contributed by atoms with Crippen LogP contribution in [0.3, 0.4) is 0 Å². The number of hydrogen-bond acceptors (Lipinski definition) is 3. The molecule has 1 saturated heterocycles. The van der Waals surface area contributed by atoms with E-state index in [1.807, 2.05) is 6.20 Å². The number of rotatable bonds is 3. The molecule has 112 valence electrons. The lowest BCUT2D eigenvalue weighted by atomic mass is 9.94. The van der Waals surface area contributed by atoms with Crippen molar-refractivity contribution in [2.45, 2.75) is 57.5 Å². The van der Waals surface area contributed by atoms with E-state index in [2.05, 4.69) is 39.9 Å². The number of nitrogens with one attached hydrogen (secondary N) is 1. The molecule has 4 heteroatoms. The van der Waals surface area contributed by atoms with Crippen LogP contribution in [-0.4, -0.2) is 40.6 Å². The van der Waals surface area contributed by atoms with Gasteiger partial charge in [-0.1, -0.05) is 26.2 Å². The lowest BCUT2D eigenvalue weighted by Crippen LogP contribution is -2.43. The number of imidazole rings is 1. The predicted molar refractivity (Wildman–Crippen MR) is 83.0 cm³/mol. The predicted octanol–water partition coefficient (Wildman–Crippen LogP) is 3.14. The third-order valence-corrected chi connectivity index (χ3v) is 5.06. The van der Waals surface area contributed by atoms with E-state index in [1.165, 1.54) is 51.6 Å². The molecule has 0 aromatic carbocycles. The first-order valence-electron chi connectivity index (χ1n) is 8.22. The van der Waals surface area contributed by atoms with Crippen molar-refractivity contribution in [3.05, 3.63) is 12.4 Å². The van der Waals surface area contributed by atoms with Crippen LogP contribution in [0.5, 0.6) is 0 Å². The van der Waals surface area contributed by atoms with Crippen molar-refractivity contribution in [1.29, 1.82) is 0 Å². The second kappa shape index (κ2) is 6.17. The first-order chi connectivity index (χ1) is 9.74. The maximum absolute atomic E-state index is 4.58. The molecule has 1 N–H and O–H groups in total. The highest BCUT2D eigenvalue weighted by atomic mass is 15.2. The van der Waals surface area contributed by atoms with Gasteiger partial charge in [-0.05, 0) is 38.8 Å². The Morgan fingerprint density at radius 2 is 2.00 bits per heavy atom. The fourth-order valence-electron chi connectivity index (χ4n) is 3.81. The van der Waals surface area contributed by atoms with Crippen molar-refractivity contribution in [3.8, 4) is 0 Å². The Kier molecular flexibility index (Phi) is 4.29. The minimum atomic E-state index is 0.566. The molecule has 2 aliphatic rings. The van der Waals surface area contributed by atoms with Crippen LogP contribution in [-0.2, 0) is 0 Å². The minimum absolute atomic E-state index is 0.566. The van der Waals surface area contributed by atoms with E-state index in [4.69, 9.17) is 0 Å². The van der Waals surface area contributed by atoms with E-state index >= 15 is 0 Å². The number of anilines is 1. The largest absolute Gasteiger partial charge is 0.353 e. The van der Waals surface area contributed by atoms with Gasteiger partial charge in [0.2, 0.25) is 5.95 Å². The van der Waals surface area contributed by atoms with Gasteiger partial charge in [0.1, 0.15) is 0 Å². The molecule has 3 rings (SSSR count). The molecule has 4 nitrogen and oxygen atoms in total. The molecule has 0 radical (unpaired) electrons. The summed E-state index contributed by atoms with van der Waals surface area (Å²) in [6.07, 6.45) is 12.1. The summed E-state index contributed by atoms with van der Waals surface area (Å²) in [5.41, 5.74) is 0. The first-order valence-corrected chi connectivity index (χ1v) is 8.22. The second-order valence-corrected chi connectivity index (χ2v) is 6.73. The van der Waals surface area contributed by atoms with Gasteiger partial charge >= 0.3 is 0 Å². The number of nitrogens with zero attached hydrogens (tertiary/aromatic N) is 3. The van der Waals surface area contributed by atoms with E-state index in [1.54, 1.807) is 0 Å². The van der Waals surface area contributed by atoms with Gasteiger partial charge < -0.3 is 14.8 Å². The quantitative estimate of drug-likeness (QED) is 0.920. The first kappa shape index (κ1) is 13.9. The summed E-state index contributed by atoms with van der Waals surface area (Å²) in [5.74, 6) is 1.78. The standard InChI is InChI=1S/C16H28N4/c1-13-12-19(2)10-8-15(13)18-16-17-9-11-20(16)14-6-4-3-5-7-14/h9,11,13-15H,3-8,10,12H2,1-2H3,(H,17,18). The Bertz CT molecular complexity index is 422. The van der Waals surface area contributed by atoms with E-state index < -0.39 is 0 Å². The molecule has 1 aromatic rings. The smallest absolute Gasteiger partial charge is 0.203 e. The number of piperidine rings is 1. The van der Waals surface area contributed by atoms with Gasteiger partial charge in [-0.25, -0.2) is 4.98 Å². The van der Waals surface area contributed by atoms with Crippen molar-refractivity contribution in [1.82, 2.24) is 14.5 Å². The zero-order valence-electron chi connectivity index (χ0n) is 12.9. The average Bonchev–Trinajstić information content (AvgIpc) is 2.91. The molecular formula is C16H28N4. The zero-order valence-corrected chi connectivity index (χ0v) is 12.9. The van der Waals surface area contributed by atoms with E-state index in [0.717, 1.165) is 5.95 Å². The van der Waals surface area contributed by atoms with Crippen LogP contribution in [0.25, 0.3) is 0 Å². The molecule has 2 fully saturated rings. The molecule has 0 amide bonds. The SMILES string of the molecule is CC1CN(C)CCC1Nc1nccn1C1CCCCC1. The summed E-state index contributed by atoms with van der Waals surface area (Å²) in [6.45, 7) is 4.72. The fourth-order valence-corrected chi connectivity index (χ4v) is 3.81. The Morgan fingerprint density at radius 3 is 2.75 bits per heavy atom. The monoisotopic (exact) mass is 276 g/mol. The zero-order chi connectivity index (χ0) is 13.9.